The quantitative estimate of drug-likeness (QED) is 0.204. The van der Waals surface area contributed by atoms with Gasteiger partial charge in [0.2, 0.25) is 0 Å². The molecule has 0 amide bonds. The Morgan fingerprint density at radius 3 is 1.27 bits per heavy atom. The zero-order chi connectivity index (χ0) is 33.6. The van der Waals surface area contributed by atoms with E-state index in [4.69, 9.17) is 19.8 Å². The van der Waals surface area contributed by atoms with E-state index in [2.05, 4.69) is 44.9 Å². The molecule has 14 heteroatoms. The van der Waals surface area contributed by atoms with Crippen molar-refractivity contribution in [3.63, 3.8) is 0 Å². The number of imidazole rings is 2. The summed E-state index contributed by atoms with van der Waals surface area (Å²) in [6.07, 6.45) is 7.80. The molecule has 0 aliphatic heterocycles. The van der Waals surface area contributed by atoms with Gasteiger partial charge in [0, 0.05) is 46.6 Å². The number of aliphatic carboxylic acids is 2. The number of carboxylic acids is 2. The number of aromatic nitrogens is 4. The molecule has 2 aromatic carbocycles. The molecule has 0 aliphatic rings. The average molecular weight is 619 g/mol. The Bertz CT molecular complexity index is 1420. The molecule has 0 fully saturated rings. The van der Waals surface area contributed by atoms with Crippen LogP contribution in [0.3, 0.4) is 0 Å². The minimum Gasteiger partial charge on any atom is -0.550 e. The molecule has 0 atom stereocenters. The topological polar surface area (TPSA) is 171 Å². The van der Waals surface area contributed by atoms with Crippen molar-refractivity contribution in [1.82, 2.24) is 9.13 Å². The highest BCUT2D eigenvalue weighted by molar-refractivity contribution is 5.60. The minimum atomic E-state index is -1.08. The smallest absolute Gasteiger partial charge is 0.421 e. The predicted molar refractivity (Wildman–Crippen MR) is 167 cm³/mol. The van der Waals surface area contributed by atoms with E-state index in [1.807, 2.05) is 120 Å². The molecule has 4 rings (SSSR count). The highest BCUT2D eigenvalue weighted by Gasteiger charge is 2.18. The van der Waals surface area contributed by atoms with Crippen molar-refractivity contribution in [2.45, 2.75) is 27.7 Å². The molecule has 0 saturated carbocycles. The summed E-state index contributed by atoms with van der Waals surface area (Å²) in [6.45, 7) is 8.05. The second-order valence-electron chi connectivity index (χ2n) is 11.0. The first kappa shape index (κ1) is 35.8. The average Bonchev–Trinajstić information content (AvgIpc) is 3.47. The fraction of sp³-hybridized carbons (Fsp3) is 0.355. The van der Waals surface area contributed by atoms with Crippen molar-refractivity contribution in [2.75, 3.05) is 23.7 Å². The van der Waals surface area contributed by atoms with Gasteiger partial charge in [0.15, 0.2) is 0 Å². The number of anilines is 2. The van der Waals surface area contributed by atoms with Gasteiger partial charge in [-0.1, -0.05) is 24.1 Å². The van der Waals surface area contributed by atoms with E-state index in [1.54, 1.807) is 0 Å². The fourth-order valence-electron chi connectivity index (χ4n) is 3.69. The van der Waals surface area contributed by atoms with Crippen molar-refractivity contribution in [3.8, 4) is 0 Å². The molecule has 0 spiro atoms. The Morgan fingerprint density at radius 2 is 1.00 bits per heavy atom. The van der Waals surface area contributed by atoms with Crippen LogP contribution in [-0.2, 0) is 37.8 Å². The summed E-state index contributed by atoms with van der Waals surface area (Å²) in [5.74, 6) is -0.589. The number of nitrogens with zero attached hydrogens (tertiary/aromatic N) is 8. The van der Waals surface area contributed by atoms with E-state index in [0.29, 0.717) is 0 Å². The number of carboxylic acid groups (broad SMARTS) is 2. The number of aryl methyl sites for hydroxylation is 4. The van der Waals surface area contributed by atoms with Gasteiger partial charge in [-0.25, -0.2) is 18.3 Å². The summed E-state index contributed by atoms with van der Waals surface area (Å²) in [4.78, 5) is 17.8. The van der Waals surface area contributed by atoms with Gasteiger partial charge in [-0.3, -0.25) is 0 Å². The number of nitrogens with one attached hydrogen (secondary N) is 2. The Kier molecular flexibility index (Phi) is 13.5. The second-order valence-corrected chi connectivity index (χ2v) is 11.0. The van der Waals surface area contributed by atoms with Crippen LogP contribution < -0.4 is 30.0 Å². The van der Waals surface area contributed by atoms with Crippen LogP contribution in [0.1, 0.15) is 27.7 Å². The van der Waals surface area contributed by atoms with E-state index < -0.39 is 11.9 Å². The molecule has 240 valence electrons. The lowest BCUT2D eigenvalue weighted by molar-refractivity contribution is -0.657. The molecule has 14 nitrogen and oxygen atoms in total. The van der Waals surface area contributed by atoms with Gasteiger partial charge in [0.25, 0.3) is 0 Å². The standard InChI is InChI=1S/C27H34N10.2C2H4O2/c1-27(2,19-28-21-7-11-23(12-8-21)30-32-25-34(3)15-16-35(25)4)20-29-22-9-13-24(14-10-22)31-33-26-36(5)17-18-37(26)6;2*1-2(3)4/h7-18H,19-20H2,1-6H3;2*1H3,(H,3,4). The molecular weight excluding hydrogens is 576 g/mol. The highest BCUT2D eigenvalue weighted by atomic mass is 16.4. The molecule has 4 aromatic rings. The maximum absolute atomic E-state index is 8.89. The number of carbonyl (C=O) groups excluding carboxylic acids is 2. The van der Waals surface area contributed by atoms with Gasteiger partial charge in [0.1, 0.15) is 11.4 Å². The minimum absolute atomic E-state index is 0.0271. The third kappa shape index (κ3) is 13.2. The Morgan fingerprint density at radius 1 is 0.689 bits per heavy atom. The maximum Gasteiger partial charge on any atom is 0.421 e. The van der Waals surface area contributed by atoms with Crippen molar-refractivity contribution < 1.29 is 28.9 Å². The molecular formula is C31H42N10O4. The van der Waals surface area contributed by atoms with E-state index >= 15 is 0 Å². The third-order valence-corrected chi connectivity index (χ3v) is 6.08. The lowest BCUT2D eigenvalue weighted by Crippen LogP contribution is -2.30. The Hall–Kier alpha value is -5.40. The van der Waals surface area contributed by atoms with Crippen molar-refractivity contribution >= 4 is 46.6 Å². The number of benzene rings is 2. The summed E-state index contributed by atoms with van der Waals surface area (Å²) >= 11 is 0. The zero-order valence-electron chi connectivity index (χ0n) is 27.1. The summed E-state index contributed by atoms with van der Waals surface area (Å²) < 4.78 is 7.73. The predicted octanol–water partition coefficient (Wildman–Crippen LogP) is 2.91. The van der Waals surface area contributed by atoms with E-state index in [0.717, 1.165) is 61.6 Å². The van der Waals surface area contributed by atoms with Crippen LogP contribution in [0, 0.1) is 5.41 Å². The third-order valence-electron chi connectivity index (χ3n) is 6.08. The first-order chi connectivity index (χ1) is 21.2. The number of carbonyl (C=O) groups is 2. The number of azo groups is 2. The molecule has 0 aliphatic carbocycles. The lowest BCUT2D eigenvalue weighted by atomic mass is 9.93. The van der Waals surface area contributed by atoms with Crippen LogP contribution in [-0.4, -0.2) is 34.2 Å². The summed E-state index contributed by atoms with van der Waals surface area (Å²) in [7, 11) is 7.80. The van der Waals surface area contributed by atoms with Crippen molar-refractivity contribution in [2.24, 2.45) is 54.1 Å². The lowest BCUT2D eigenvalue weighted by Gasteiger charge is -2.26. The summed E-state index contributed by atoms with van der Waals surface area (Å²) in [5.41, 5.74) is 3.76. The van der Waals surface area contributed by atoms with Gasteiger partial charge in [-0.05, 0) is 67.8 Å². The van der Waals surface area contributed by atoms with Crippen LogP contribution >= 0.6 is 0 Å². The molecule has 2 aromatic heterocycles. The normalized spacial score (nSPS) is 11.0. The molecule has 2 N–H and O–H groups in total. The molecule has 45 heavy (non-hydrogen) atoms. The number of hydrogen-bond donors (Lipinski definition) is 2. The molecule has 2 heterocycles. The molecule has 0 bridgehead atoms. The first-order valence-corrected chi connectivity index (χ1v) is 14.1. The monoisotopic (exact) mass is 618 g/mol. The summed E-state index contributed by atoms with van der Waals surface area (Å²) in [5, 5.41) is 42.2. The Labute approximate surface area is 263 Å². The largest absolute Gasteiger partial charge is 0.550 e. The van der Waals surface area contributed by atoms with Crippen LogP contribution in [0.5, 0.6) is 0 Å². The van der Waals surface area contributed by atoms with Crippen LogP contribution in [0.25, 0.3) is 0 Å². The van der Waals surface area contributed by atoms with Crippen molar-refractivity contribution in [3.05, 3.63) is 73.3 Å². The first-order valence-electron chi connectivity index (χ1n) is 14.1. The number of rotatable bonds is 10. The van der Waals surface area contributed by atoms with Crippen LogP contribution in [0.2, 0.25) is 0 Å². The SMILES string of the molecule is CC(=O)[O-].CC(=O)[O-].Cn1cc[n+](C)c1N=Nc1ccc(NCC(C)(C)CNc2ccc(N=Nc3n(C)cc[n+]3C)cc2)cc1. The summed E-state index contributed by atoms with van der Waals surface area (Å²) in [6, 6.07) is 16.0. The van der Waals surface area contributed by atoms with Gasteiger partial charge in [-0.15, -0.1) is 0 Å². The van der Waals surface area contributed by atoms with Gasteiger partial charge in [0.05, 0.1) is 53.0 Å². The van der Waals surface area contributed by atoms with E-state index in [-0.39, 0.29) is 5.41 Å². The number of hydrogen-bond acceptors (Lipinski definition) is 10. The Balaban J connectivity index is 0.000000789. The zero-order valence-corrected chi connectivity index (χ0v) is 27.1. The van der Waals surface area contributed by atoms with Crippen LogP contribution in [0.15, 0.2) is 93.8 Å². The molecule has 0 unspecified atom stereocenters. The van der Waals surface area contributed by atoms with Gasteiger partial charge >= 0.3 is 11.9 Å². The highest BCUT2D eigenvalue weighted by Crippen LogP contribution is 2.23. The van der Waals surface area contributed by atoms with Crippen molar-refractivity contribution in [1.29, 1.82) is 0 Å². The maximum atomic E-state index is 8.89. The van der Waals surface area contributed by atoms with E-state index in [9.17, 15) is 0 Å². The van der Waals surface area contributed by atoms with Gasteiger partial charge in [-0.2, -0.15) is 0 Å². The molecule has 0 saturated heterocycles. The van der Waals surface area contributed by atoms with E-state index in [1.165, 1.54) is 0 Å². The molecule has 0 radical (unpaired) electrons. The van der Waals surface area contributed by atoms with Gasteiger partial charge < -0.3 is 30.4 Å². The van der Waals surface area contributed by atoms with Crippen LogP contribution in [0.4, 0.5) is 34.6 Å². The second kappa shape index (κ2) is 17.0. The fourth-order valence-corrected chi connectivity index (χ4v) is 3.69.